The lowest BCUT2D eigenvalue weighted by Gasteiger charge is -2.17. The highest BCUT2D eigenvalue weighted by Gasteiger charge is 2.23. The number of nitrogens with two attached hydrogens (primary N) is 1. The maximum Gasteiger partial charge on any atom is 0.0576 e. The summed E-state index contributed by atoms with van der Waals surface area (Å²) in [6.07, 6.45) is 10.9. The van der Waals surface area contributed by atoms with Crippen LogP contribution in [0.3, 0.4) is 0 Å². The lowest BCUT2D eigenvalue weighted by atomic mass is 10.0. The molecule has 0 radical (unpaired) electrons. The van der Waals surface area contributed by atoms with Crippen molar-refractivity contribution in [3.63, 3.8) is 0 Å². The zero-order valence-electron chi connectivity index (χ0n) is 9.58. The van der Waals surface area contributed by atoms with E-state index in [4.69, 9.17) is 10.6 Å². The zero-order chi connectivity index (χ0) is 10.5. The first-order chi connectivity index (χ1) is 7.38. The molecule has 1 aliphatic heterocycles. The summed E-state index contributed by atoms with van der Waals surface area (Å²) in [6.45, 7) is 0.966. The molecule has 88 valence electrons. The molecule has 0 aromatic carbocycles. The van der Waals surface area contributed by atoms with Gasteiger partial charge in [-0.2, -0.15) is 0 Å². The van der Waals surface area contributed by atoms with Gasteiger partial charge in [0.25, 0.3) is 0 Å². The molecule has 0 aromatic heterocycles. The van der Waals surface area contributed by atoms with Gasteiger partial charge in [0.2, 0.25) is 0 Å². The Hall–Kier alpha value is -0.120. The number of rotatable bonds is 7. The van der Waals surface area contributed by atoms with Crippen molar-refractivity contribution < 1.29 is 4.74 Å². The highest BCUT2D eigenvalue weighted by atomic mass is 16.5. The van der Waals surface area contributed by atoms with Gasteiger partial charge in [0.05, 0.1) is 6.10 Å². The summed E-state index contributed by atoms with van der Waals surface area (Å²) in [5.41, 5.74) is 2.95. The molecule has 0 amide bonds. The molecule has 1 saturated carbocycles. The fourth-order valence-electron chi connectivity index (χ4n) is 2.41. The SMILES string of the molecule is NNC(CCC1CC1)CCC1CCCO1. The van der Waals surface area contributed by atoms with Gasteiger partial charge < -0.3 is 4.74 Å². The van der Waals surface area contributed by atoms with E-state index in [9.17, 15) is 0 Å². The monoisotopic (exact) mass is 212 g/mol. The van der Waals surface area contributed by atoms with Crippen molar-refractivity contribution in [2.45, 2.75) is 63.5 Å². The minimum absolute atomic E-state index is 0.509. The third-order valence-corrected chi connectivity index (χ3v) is 3.72. The molecule has 15 heavy (non-hydrogen) atoms. The molecule has 3 nitrogen and oxygen atoms in total. The van der Waals surface area contributed by atoms with E-state index in [-0.39, 0.29) is 0 Å². The molecule has 2 atom stereocenters. The first-order valence-corrected chi connectivity index (χ1v) is 6.46. The lowest BCUT2D eigenvalue weighted by Crippen LogP contribution is -2.35. The molecule has 2 aliphatic rings. The van der Waals surface area contributed by atoms with Crippen molar-refractivity contribution in [2.75, 3.05) is 6.61 Å². The molecule has 1 aliphatic carbocycles. The number of ether oxygens (including phenoxy) is 1. The highest BCUT2D eigenvalue weighted by Crippen LogP contribution is 2.34. The summed E-state index contributed by atoms with van der Waals surface area (Å²) >= 11 is 0. The quantitative estimate of drug-likeness (QED) is 0.501. The average Bonchev–Trinajstić information content (AvgIpc) is 2.94. The second-order valence-electron chi connectivity index (χ2n) is 5.10. The molecule has 3 N–H and O–H groups in total. The predicted octanol–water partition coefficient (Wildman–Crippen LogP) is 1.97. The third-order valence-electron chi connectivity index (χ3n) is 3.72. The summed E-state index contributed by atoms with van der Waals surface area (Å²) < 4.78 is 5.62. The van der Waals surface area contributed by atoms with E-state index in [1.807, 2.05) is 0 Å². The minimum Gasteiger partial charge on any atom is -0.378 e. The van der Waals surface area contributed by atoms with Crippen molar-refractivity contribution in [3.8, 4) is 0 Å². The van der Waals surface area contributed by atoms with E-state index in [1.165, 1.54) is 51.4 Å². The van der Waals surface area contributed by atoms with Gasteiger partial charge in [0.1, 0.15) is 0 Å². The predicted molar refractivity (Wildman–Crippen MR) is 61.3 cm³/mol. The topological polar surface area (TPSA) is 47.3 Å². The Morgan fingerprint density at radius 2 is 2.00 bits per heavy atom. The van der Waals surface area contributed by atoms with Crippen LogP contribution in [-0.4, -0.2) is 18.8 Å². The Morgan fingerprint density at radius 1 is 1.20 bits per heavy atom. The smallest absolute Gasteiger partial charge is 0.0576 e. The van der Waals surface area contributed by atoms with Gasteiger partial charge >= 0.3 is 0 Å². The van der Waals surface area contributed by atoms with Crippen LogP contribution in [0.4, 0.5) is 0 Å². The summed E-state index contributed by atoms with van der Waals surface area (Å²) in [5.74, 6) is 6.59. The van der Waals surface area contributed by atoms with Gasteiger partial charge in [0.15, 0.2) is 0 Å². The van der Waals surface area contributed by atoms with E-state index >= 15 is 0 Å². The van der Waals surface area contributed by atoms with Gasteiger partial charge in [-0.05, 0) is 44.4 Å². The molecule has 2 fully saturated rings. The molecule has 0 aromatic rings. The molecule has 1 heterocycles. The number of nitrogens with one attached hydrogen (secondary N) is 1. The second kappa shape index (κ2) is 5.83. The highest BCUT2D eigenvalue weighted by molar-refractivity contribution is 4.77. The number of hydrogen-bond acceptors (Lipinski definition) is 3. The van der Waals surface area contributed by atoms with Gasteiger partial charge in [-0.25, -0.2) is 0 Å². The van der Waals surface area contributed by atoms with Gasteiger partial charge in [-0.15, -0.1) is 0 Å². The van der Waals surface area contributed by atoms with Crippen molar-refractivity contribution in [3.05, 3.63) is 0 Å². The molecule has 0 bridgehead atoms. The van der Waals surface area contributed by atoms with E-state index in [0.29, 0.717) is 12.1 Å². The first kappa shape index (κ1) is 11.4. The van der Waals surface area contributed by atoms with Crippen LogP contribution in [0.25, 0.3) is 0 Å². The van der Waals surface area contributed by atoms with Crippen LogP contribution in [0.5, 0.6) is 0 Å². The van der Waals surface area contributed by atoms with Crippen LogP contribution in [0, 0.1) is 5.92 Å². The Balaban J connectivity index is 1.56. The van der Waals surface area contributed by atoms with E-state index in [2.05, 4.69) is 5.43 Å². The summed E-state index contributed by atoms with van der Waals surface area (Å²) in [4.78, 5) is 0. The summed E-state index contributed by atoms with van der Waals surface area (Å²) in [5, 5.41) is 0. The van der Waals surface area contributed by atoms with Gasteiger partial charge in [-0.3, -0.25) is 11.3 Å². The fraction of sp³-hybridized carbons (Fsp3) is 1.00. The molecule has 3 heteroatoms. The van der Waals surface area contributed by atoms with Crippen molar-refractivity contribution in [1.29, 1.82) is 0 Å². The van der Waals surface area contributed by atoms with Crippen LogP contribution >= 0.6 is 0 Å². The van der Waals surface area contributed by atoms with Crippen LogP contribution < -0.4 is 11.3 Å². The Labute approximate surface area is 92.7 Å². The second-order valence-corrected chi connectivity index (χ2v) is 5.10. The number of hydrogen-bond donors (Lipinski definition) is 2. The Kier molecular flexibility index (Phi) is 4.42. The van der Waals surface area contributed by atoms with Gasteiger partial charge in [-0.1, -0.05) is 12.8 Å². The number of hydrazine groups is 1. The standard InChI is InChI=1S/C12H24N2O/c13-14-11(6-5-10-3-4-10)7-8-12-2-1-9-15-12/h10-12,14H,1-9,13H2. The molecular weight excluding hydrogens is 188 g/mol. The molecule has 2 rings (SSSR count). The van der Waals surface area contributed by atoms with Crippen molar-refractivity contribution in [2.24, 2.45) is 11.8 Å². The normalized spacial score (nSPS) is 28.2. The van der Waals surface area contributed by atoms with E-state index in [1.54, 1.807) is 0 Å². The lowest BCUT2D eigenvalue weighted by molar-refractivity contribution is 0.0991. The average molecular weight is 212 g/mol. The molecular formula is C12H24N2O. The Morgan fingerprint density at radius 3 is 2.60 bits per heavy atom. The van der Waals surface area contributed by atoms with Crippen molar-refractivity contribution in [1.82, 2.24) is 5.43 Å². The first-order valence-electron chi connectivity index (χ1n) is 6.46. The van der Waals surface area contributed by atoms with E-state index < -0.39 is 0 Å². The Bertz CT molecular complexity index is 176. The fourth-order valence-corrected chi connectivity index (χ4v) is 2.41. The summed E-state index contributed by atoms with van der Waals surface area (Å²) in [6, 6.07) is 0.509. The third kappa shape index (κ3) is 4.09. The maximum absolute atomic E-state index is 5.62. The van der Waals surface area contributed by atoms with Crippen molar-refractivity contribution >= 4 is 0 Å². The molecule has 2 unspecified atom stereocenters. The summed E-state index contributed by atoms with van der Waals surface area (Å²) in [7, 11) is 0. The maximum atomic E-state index is 5.62. The van der Waals surface area contributed by atoms with Crippen LogP contribution in [-0.2, 0) is 4.74 Å². The van der Waals surface area contributed by atoms with Crippen LogP contribution in [0.1, 0.15) is 51.4 Å². The zero-order valence-corrected chi connectivity index (χ0v) is 9.58. The molecule has 0 spiro atoms. The van der Waals surface area contributed by atoms with Crippen LogP contribution in [0.2, 0.25) is 0 Å². The largest absolute Gasteiger partial charge is 0.378 e. The molecule has 1 saturated heterocycles. The minimum atomic E-state index is 0.509. The van der Waals surface area contributed by atoms with E-state index in [0.717, 1.165) is 12.5 Å². The van der Waals surface area contributed by atoms with Crippen LogP contribution in [0.15, 0.2) is 0 Å². The van der Waals surface area contributed by atoms with Gasteiger partial charge in [0, 0.05) is 12.6 Å².